The molecule has 0 unspecified atom stereocenters. The third kappa shape index (κ3) is 1.43. The summed E-state index contributed by atoms with van der Waals surface area (Å²) in [5.74, 6) is 0. The Kier molecular flexibility index (Phi) is 2.36. The number of nitrogen functional groups attached to an aromatic ring is 1. The predicted molar refractivity (Wildman–Crippen MR) is 74.0 cm³/mol. The molecule has 1 aromatic heterocycles. The van der Waals surface area contributed by atoms with E-state index in [-0.39, 0.29) is 5.69 Å². The Labute approximate surface area is 105 Å². The zero-order chi connectivity index (χ0) is 12.9. The third-order valence-corrected chi connectivity index (χ3v) is 3.81. The van der Waals surface area contributed by atoms with E-state index in [2.05, 4.69) is 4.90 Å². The van der Waals surface area contributed by atoms with Crippen LogP contribution in [0, 0.1) is 0 Å². The summed E-state index contributed by atoms with van der Waals surface area (Å²) < 4.78 is 3.37. The first-order chi connectivity index (χ1) is 8.59. The van der Waals surface area contributed by atoms with E-state index >= 15 is 0 Å². The number of nitrogens with two attached hydrogens (primary N) is 1. The lowest BCUT2D eigenvalue weighted by molar-refractivity contribution is 0.794. The Bertz CT molecular complexity index is 662. The molecule has 1 aromatic carbocycles. The molecule has 2 heterocycles. The van der Waals surface area contributed by atoms with Gasteiger partial charge >= 0.3 is 5.69 Å². The summed E-state index contributed by atoms with van der Waals surface area (Å²) in [5.41, 5.74) is 9.66. The van der Waals surface area contributed by atoms with Crippen LogP contribution in [0.2, 0.25) is 0 Å². The van der Waals surface area contributed by atoms with Gasteiger partial charge in [0.2, 0.25) is 0 Å². The highest BCUT2D eigenvalue weighted by atomic mass is 16.1. The summed E-state index contributed by atoms with van der Waals surface area (Å²) >= 11 is 0. The van der Waals surface area contributed by atoms with E-state index in [0.717, 1.165) is 29.8 Å². The fourth-order valence-corrected chi connectivity index (χ4v) is 2.85. The molecule has 0 aliphatic carbocycles. The maximum absolute atomic E-state index is 12.0. The zero-order valence-corrected chi connectivity index (χ0v) is 10.8. The first kappa shape index (κ1) is 11.2. The first-order valence-corrected chi connectivity index (χ1v) is 6.29. The van der Waals surface area contributed by atoms with Crippen LogP contribution >= 0.6 is 0 Å². The molecule has 0 amide bonds. The van der Waals surface area contributed by atoms with Gasteiger partial charge in [0, 0.05) is 32.9 Å². The molecule has 2 aromatic rings. The van der Waals surface area contributed by atoms with E-state index in [1.54, 1.807) is 16.2 Å². The Hall–Kier alpha value is -1.91. The normalized spacial score (nSPS) is 15.8. The van der Waals surface area contributed by atoms with Gasteiger partial charge < -0.3 is 10.6 Å². The van der Waals surface area contributed by atoms with E-state index in [4.69, 9.17) is 5.73 Å². The summed E-state index contributed by atoms with van der Waals surface area (Å²) in [6.07, 6.45) is 2.41. The number of imidazole rings is 1. The summed E-state index contributed by atoms with van der Waals surface area (Å²) in [7, 11) is 3.61. The highest BCUT2D eigenvalue weighted by Crippen LogP contribution is 2.31. The van der Waals surface area contributed by atoms with E-state index in [9.17, 15) is 4.79 Å². The lowest BCUT2D eigenvalue weighted by Crippen LogP contribution is -2.21. The Morgan fingerprint density at radius 1 is 1.11 bits per heavy atom. The number of rotatable bonds is 1. The van der Waals surface area contributed by atoms with E-state index in [1.165, 1.54) is 12.8 Å². The van der Waals surface area contributed by atoms with Crippen LogP contribution in [0.25, 0.3) is 11.0 Å². The largest absolute Gasteiger partial charge is 0.399 e. The van der Waals surface area contributed by atoms with Crippen molar-refractivity contribution >= 4 is 22.4 Å². The molecule has 3 rings (SSSR count). The van der Waals surface area contributed by atoms with Crippen LogP contribution < -0.4 is 16.3 Å². The van der Waals surface area contributed by atoms with Crippen molar-refractivity contribution in [2.75, 3.05) is 23.7 Å². The smallest absolute Gasteiger partial charge is 0.328 e. The number of benzene rings is 1. The molecule has 1 aliphatic rings. The van der Waals surface area contributed by atoms with Gasteiger partial charge in [-0.15, -0.1) is 0 Å². The van der Waals surface area contributed by atoms with Crippen molar-refractivity contribution in [3.63, 3.8) is 0 Å². The second kappa shape index (κ2) is 3.80. The maximum atomic E-state index is 12.0. The highest BCUT2D eigenvalue weighted by Gasteiger charge is 2.19. The number of anilines is 2. The number of hydrogen-bond acceptors (Lipinski definition) is 3. The third-order valence-electron chi connectivity index (χ3n) is 3.81. The molecule has 96 valence electrons. The quantitative estimate of drug-likeness (QED) is 0.765. The summed E-state index contributed by atoms with van der Waals surface area (Å²) in [5, 5.41) is 0. The molecule has 0 bridgehead atoms. The van der Waals surface area contributed by atoms with Crippen LogP contribution in [0.3, 0.4) is 0 Å². The fraction of sp³-hybridized carbons (Fsp3) is 0.462. The second-order valence-electron chi connectivity index (χ2n) is 5.00. The van der Waals surface area contributed by atoms with E-state index in [1.807, 2.05) is 19.2 Å². The van der Waals surface area contributed by atoms with Crippen LogP contribution in [0.1, 0.15) is 12.8 Å². The molecule has 1 aliphatic heterocycles. The minimum atomic E-state index is -0.00366. The van der Waals surface area contributed by atoms with Crippen molar-refractivity contribution in [3.8, 4) is 0 Å². The minimum Gasteiger partial charge on any atom is -0.399 e. The zero-order valence-electron chi connectivity index (χ0n) is 10.8. The molecule has 5 nitrogen and oxygen atoms in total. The van der Waals surface area contributed by atoms with Gasteiger partial charge in [-0.3, -0.25) is 9.13 Å². The Morgan fingerprint density at radius 2 is 1.78 bits per heavy atom. The van der Waals surface area contributed by atoms with Gasteiger partial charge in [0.15, 0.2) is 0 Å². The standard InChI is InChI=1S/C13H18N4O/c1-15-10-7-9(14)8-11(17-5-3-4-6-17)12(10)16(2)13(15)18/h7-8H,3-6,14H2,1-2H3. The van der Waals surface area contributed by atoms with Crippen LogP contribution in [-0.2, 0) is 14.1 Å². The van der Waals surface area contributed by atoms with Crippen molar-refractivity contribution < 1.29 is 0 Å². The fourth-order valence-electron chi connectivity index (χ4n) is 2.85. The monoisotopic (exact) mass is 246 g/mol. The first-order valence-electron chi connectivity index (χ1n) is 6.29. The Morgan fingerprint density at radius 3 is 2.44 bits per heavy atom. The molecule has 0 saturated carbocycles. The van der Waals surface area contributed by atoms with Crippen molar-refractivity contribution in [3.05, 3.63) is 22.6 Å². The molecule has 0 atom stereocenters. The van der Waals surface area contributed by atoms with Crippen molar-refractivity contribution in [1.29, 1.82) is 0 Å². The minimum absolute atomic E-state index is 0.00366. The van der Waals surface area contributed by atoms with Crippen LogP contribution in [-0.4, -0.2) is 22.2 Å². The molecule has 0 spiro atoms. The summed E-state index contributed by atoms with van der Waals surface area (Å²) in [6, 6.07) is 3.85. The second-order valence-corrected chi connectivity index (χ2v) is 5.00. The van der Waals surface area contributed by atoms with Gasteiger partial charge in [-0.05, 0) is 25.0 Å². The molecule has 18 heavy (non-hydrogen) atoms. The summed E-state index contributed by atoms with van der Waals surface area (Å²) in [6.45, 7) is 2.09. The number of aromatic nitrogens is 2. The van der Waals surface area contributed by atoms with Gasteiger partial charge in [0.25, 0.3) is 0 Å². The highest BCUT2D eigenvalue weighted by molar-refractivity contribution is 5.92. The topological polar surface area (TPSA) is 56.2 Å². The molecule has 5 heteroatoms. The number of fused-ring (bicyclic) bond motifs is 1. The number of aryl methyl sites for hydroxylation is 2. The lowest BCUT2D eigenvalue weighted by Gasteiger charge is -2.19. The number of nitrogens with zero attached hydrogens (tertiary/aromatic N) is 3. The van der Waals surface area contributed by atoms with E-state index < -0.39 is 0 Å². The maximum Gasteiger partial charge on any atom is 0.328 e. The van der Waals surface area contributed by atoms with Gasteiger partial charge in [-0.1, -0.05) is 0 Å². The van der Waals surface area contributed by atoms with Crippen molar-refractivity contribution in [2.45, 2.75) is 12.8 Å². The summed E-state index contributed by atoms with van der Waals surface area (Å²) in [4.78, 5) is 14.4. The lowest BCUT2D eigenvalue weighted by atomic mass is 10.2. The molecule has 0 radical (unpaired) electrons. The van der Waals surface area contributed by atoms with Crippen LogP contribution in [0.4, 0.5) is 11.4 Å². The van der Waals surface area contributed by atoms with Crippen LogP contribution in [0.5, 0.6) is 0 Å². The van der Waals surface area contributed by atoms with Gasteiger partial charge in [0.1, 0.15) is 0 Å². The molecule has 1 fully saturated rings. The average Bonchev–Trinajstić information content (AvgIpc) is 2.94. The van der Waals surface area contributed by atoms with Gasteiger partial charge in [-0.25, -0.2) is 4.79 Å². The van der Waals surface area contributed by atoms with Crippen molar-refractivity contribution in [1.82, 2.24) is 9.13 Å². The molecular formula is C13H18N4O. The Balaban J connectivity index is 2.36. The SMILES string of the molecule is Cn1c(=O)n(C)c2c(N3CCCC3)cc(N)cc21. The van der Waals surface area contributed by atoms with Crippen molar-refractivity contribution in [2.24, 2.45) is 14.1 Å². The molecule has 1 saturated heterocycles. The number of hydrogen-bond donors (Lipinski definition) is 1. The van der Waals surface area contributed by atoms with E-state index in [0.29, 0.717) is 5.69 Å². The average molecular weight is 246 g/mol. The van der Waals surface area contributed by atoms with Gasteiger partial charge in [-0.2, -0.15) is 0 Å². The van der Waals surface area contributed by atoms with Gasteiger partial charge in [0.05, 0.1) is 16.7 Å². The molecule has 2 N–H and O–H groups in total. The predicted octanol–water partition coefficient (Wildman–Crippen LogP) is 1.06. The van der Waals surface area contributed by atoms with Crippen LogP contribution in [0.15, 0.2) is 16.9 Å². The molecular weight excluding hydrogens is 228 g/mol.